The summed E-state index contributed by atoms with van der Waals surface area (Å²) in [6, 6.07) is 7.19. The van der Waals surface area contributed by atoms with E-state index in [4.69, 9.17) is 14.2 Å². The maximum atomic E-state index is 12.4. The quantitative estimate of drug-likeness (QED) is 0.614. The summed E-state index contributed by atoms with van der Waals surface area (Å²) in [4.78, 5) is 12.4. The molecule has 128 valence electrons. The number of carbonyl (C=O) groups is 1. The molecule has 0 aromatic heterocycles. The predicted octanol–water partition coefficient (Wildman–Crippen LogP) is 2.36. The monoisotopic (exact) mass is 332 g/mol. The molecule has 1 aliphatic carbocycles. The van der Waals surface area contributed by atoms with Gasteiger partial charge in [-0.1, -0.05) is 18.2 Å². The van der Waals surface area contributed by atoms with Crippen molar-refractivity contribution in [3.8, 4) is 5.75 Å². The fourth-order valence-corrected chi connectivity index (χ4v) is 2.35. The second-order valence-electron chi connectivity index (χ2n) is 5.23. The number of hydrogen-bond donors (Lipinski definition) is 2. The summed E-state index contributed by atoms with van der Waals surface area (Å²) in [5.74, 6) is -1.70. The number of hydrogen-bond acceptors (Lipinski definition) is 6. The molecule has 0 radical (unpaired) electrons. The molecule has 0 spiro atoms. The summed E-state index contributed by atoms with van der Waals surface area (Å²) in [5.41, 5.74) is 0.772. The number of ether oxygens (including phenoxy) is 3. The fraction of sp³-hybridized carbons (Fsp3) is 0.278. The Bertz CT molecular complexity index is 716. The van der Waals surface area contributed by atoms with Crippen molar-refractivity contribution in [2.75, 3.05) is 21.3 Å². The Morgan fingerprint density at radius 2 is 2.00 bits per heavy atom. The first-order chi connectivity index (χ1) is 11.4. The Kier molecular flexibility index (Phi) is 5.43. The zero-order chi connectivity index (χ0) is 17.7. The Labute approximate surface area is 140 Å². The van der Waals surface area contributed by atoms with E-state index in [0.29, 0.717) is 5.75 Å². The lowest BCUT2D eigenvalue weighted by atomic mass is 9.94. The summed E-state index contributed by atoms with van der Waals surface area (Å²) in [6.07, 6.45) is 3.96. The molecule has 1 unspecified atom stereocenters. The van der Waals surface area contributed by atoms with Crippen LogP contribution in [-0.4, -0.2) is 43.1 Å². The van der Waals surface area contributed by atoms with E-state index >= 15 is 0 Å². The number of aliphatic hydroxyl groups excluding tert-OH is 1. The van der Waals surface area contributed by atoms with Gasteiger partial charge in [-0.3, -0.25) is 4.79 Å². The minimum Gasteiger partial charge on any atom is -0.511 e. The zero-order valence-corrected chi connectivity index (χ0v) is 13.8. The van der Waals surface area contributed by atoms with Crippen LogP contribution in [0.5, 0.6) is 5.75 Å². The van der Waals surface area contributed by atoms with Crippen molar-refractivity contribution in [1.29, 1.82) is 0 Å². The maximum Gasteiger partial charge on any atom is 0.196 e. The van der Waals surface area contributed by atoms with Gasteiger partial charge in [0.25, 0.3) is 0 Å². The van der Waals surface area contributed by atoms with Crippen molar-refractivity contribution in [3.05, 3.63) is 59.1 Å². The van der Waals surface area contributed by atoms with Gasteiger partial charge in [-0.25, -0.2) is 0 Å². The maximum absolute atomic E-state index is 12.4. The molecule has 1 atom stereocenters. The molecule has 0 aliphatic heterocycles. The van der Waals surface area contributed by atoms with Gasteiger partial charge in [0.05, 0.1) is 20.6 Å². The van der Waals surface area contributed by atoms with Crippen LogP contribution in [-0.2, 0) is 14.3 Å². The topological polar surface area (TPSA) is 85.2 Å². The lowest BCUT2D eigenvalue weighted by Gasteiger charge is -2.28. The van der Waals surface area contributed by atoms with Crippen LogP contribution in [0.15, 0.2) is 53.5 Å². The summed E-state index contributed by atoms with van der Waals surface area (Å²) in [6.45, 7) is 0. The van der Waals surface area contributed by atoms with E-state index in [9.17, 15) is 15.0 Å². The number of methoxy groups -OCH3 is 3. The second-order valence-corrected chi connectivity index (χ2v) is 5.23. The fourth-order valence-electron chi connectivity index (χ4n) is 2.35. The summed E-state index contributed by atoms with van der Waals surface area (Å²) < 4.78 is 15.2. The van der Waals surface area contributed by atoms with Crippen molar-refractivity contribution in [2.45, 2.75) is 12.2 Å². The molecule has 2 N–H and O–H groups in total. The predicted molar refractivity (Wildman–Crippen MR) is 88.4 cm³/mol. The van der Waals surface area contributed by atoms with Crippen LogP contribution in [0.25, 0.3) is 6.08 Å². The van der Waals surface area contributed by atoms with Crippen LogP contribution >= 0.6 is 0 Å². The highest BCUT2D eigenvalue weighted by Gasteiger charge is 2.35. The second kappa shape index (κ2) is 7.33. The first-order valence-electron chi connectivity index (χ1n) is 7.25. The summed E-state index contributed by atoms with van der Waals surface area (Å²) >= 11 is 0. The van der Waals surface area contributed by atoms with E-state index in [1.165, 1.54) is 26.4 Å². The number of allylic oxidation sites excluding steroid dienone is 2. The van der Waals surface area contributed by atoms with E-state index in [-0.39, 0.29) is 23.5 Å². The molecule has 2 rings (SSSR count). The van der Waals surface area contributed by atoms with Crippen LogP contribution in [0.4, 0.5) is 0 Å². The minimum absolute atomic E-state index is 0.00151. The van der Waals surface area contributed by atoms with Crippen LogP contribution in [0.3, 0.4) is 0 Å². The molecule has 1 aromatic carbocycles. The highest BCUT2D eigenvalue weighted by atomic mass is 16.6. The minimum atomic E-state index is -1.70. The third kappa shape index (κ3) is 3.84. The number of ketones is 1. The molecule has 0 amide bonds. The summed E-state index contributed by atoms with van der Waals surface area (Å²) in [5, 5.41) is 20.2. The normalized spacial score (nSPS) is 20.9. The van der Waals surface area contributed by atoms with Gasteiger partial charge in [0.1, 0.15) is 22.8 Å². The van der Waals surface area contributed by atoms with Crippen LogP contribution in [0.1, 0.15) is 12.0 Å². The Balaban J connectivity index is 2.26. The van der Waals surface area contributed by atoms with Gasteiger partial charge in [-0.2, -0.15) is 0 Å². The Morgan fingerprint density at radius 1 is 1.25 bits per heavy atom. The van der Waals surface area contributed by atoms with E-state index in [2.05, 4.69) is 0 Å². The van der Waals surface area contributed by atoms with Gasteiger partial charge in [0.2, 0.25) is 0 Å². The van der Waals surface area contributed by atoms with Crippen LogP contribution in [0, 0.1) is 0 Å². The average Bonchev–Trinajstić information content (AvgIpc) is 2.59. The molecular weight excluding hydrogens is 312 g/mol. The third-order valence-corrected chi connectivity index (χ3v) is 3.65. The van der Waals surface area contributed by atoms with Gasteiger partial charge >= 0.3 is 0 Å². The summed E-state index contributed by atoms with van der Waals surface area (Å²) in [7, 11) is 4.21. The van der Waals surface area contributed by atoms with E-state index in [0.717, 1.165) is 5.56 Å². The van der Waals surface area contributed by atoms with Crippen molar-refractivity contribution >= 4 is 11.9 Å². The smallest absolute Gasteiger partial charge is 0.196 e. The Hall–Kier alpha value is -2.57. The lowest BCUT2D eigenvalue weighted by Crippen LogP contribution is -2.33. The van der Waals surface area contributed by atoms with Crippen molar-refractivity contribution in [1.82, 2.24) is 0 Å². The largest absolute Gasteiger partial charge is 0.511 e. The van der Waals surface area contributed by atoms with Gasteiger partial charge in [-0.05, 0) is 23.8 Å². The Morgan fingerprint density at radius 3 is 2.62 bits per heavy atom. The van der Waals surface area contributed by atoms with Crippen molar-refractivity contribution in [3.63, 3.8) is 0 Å². The van der Waals surface area contributed by atoms with Gasteiger partial charge in [-0.15, -0.1) is 0 Å². The van der Waals surface area contributed by atoms with Crippen molar-refractivity contribution in [2.24, 2.45) is 0 Å². The standard InChI is InChI=1S/C18H20O6/c1-22-13-6-4-5-12(9-13)7-8-14(19)17-15(20)10-18(21,24-3)11-16(17)23-2/h4-9,11,20-21H,10H2,1-3H3. The molecule has 6 nitrogen and oxygen atoms in total. The van der Waals surface area contributed by atoms with Crippen molar-refractivity contribution < 1.29 is 29.2 Å². The molecule has 0 saturated heterocycles. The van der Waals surface area contributed by atoms with Crippen LogP contribution < -0.4 is 4.74 Å². The number of benzene rings is 1. The third-order valence-electron chi connectivity index (χ3n) is 3.65. The number of aliphatic hydroxyl groups is 2. The highest BCUT2D eigenvalue weighted by molar-refractivity contribution is 6.09. The zero-order valence-electron chi connectivity index (χ0n) is 13.8. The van der Waals surface area contributed by atoms with E-state index in [1.54, 1.807) is 31.4 Å². The molecule has 1 aliphatic rings. The molecular formula is C18H20O6. The van der Waals surface area contributed by atoms with Gasteiger partial charge < -0.3 is 24.4 Å². The lowest BCUT2D eigenvalue weighted by molar-refractivity contribution is -0.152. The number of rotatable bonds is 6. The molecule has 1 aromatic rings. The van der Waals surface area contributed by atoms with Gasteiger partial charge in [0.15, 0.2) is 11.6 Å². The average molecular weight is 332 g/mol. The molecule has 24 heavy (non-hydrogen) atoms. The molecule has 0 bridgehead atoms. The van der Waals surface area contributed by atoms with E-state index < -0.39 is 11.6 Å². The SMILES string of the molecule is COC1=CC(O)(OC)CC(O)=C1C(=O)C=Cc1cccc(OC)c1. The van der Waals surface area contributed by atoms with Gasteiger partial charge in [0, 0.05) is 13.2 Å². The molecule has 0 heterocycles. The number of carbonyl (C=O) groups excluding carboxylic acids is 1. The first-order valence-corrected chi connectivity index (χ1v) is 7.25. The van der Waals surface area contributed by atoms with E-state index in [1.807, 2.05) is 6.07 Å². The molecule has 0 saturated carbocycles. The first kappa shape index (κ1) is 17.8. The highest BCUT2D eigenvalue weighted by Crippen LogP contribution is 2.32. The van der Waals surface area contributed by atoms with Crippen LogP contribution in [0.2, 0.25) is 0 Å². The molecule has 0 fully saturated rings. The molecule has 6 heteroatoms.